The third-order valence-electron chi connectivity index (χ3n) is 4.56. The molecule has 0 aromatic carbocycles. The number of carboxylic acids is 1. The number of unbranched alkanes of at least 4 members (excludes halogenated alkanes) is 3. The van der Waals surface area contributed by atoms with E-state index in [0.717, 1.165) is 25.7 Å². The lowest BCUT2D eigenvalue weighted by molar-refractivity contribution is -0.137. The summed E-state index contributed by atoms with van der Waals surface area (Å²) in [5.41, 5.74) is 0. The van der Waals surface area contributed by atoms with Gasteiger partial charge in [-0.25, -0.2) is 0 Å². The van der Waals surface area contributed by atoms with Crippen molar-refractivity contribution >= 4 is 5.97 Å². The third-order valence-corrected chi connectivity index (χ3v) is 4.56. The van der Waals surface area contributed by atoms with Crippen LogP contribution in [-0.2, 0) is 9.53 Å². The van der Waals surface area contributed by atoms with E-state index in [2.05, 4.69) is 6.92 Å². The monoisotopic (exact) mass is 370 g/mol. The van der Waals surface area contributed by atoms with Crippen molar-refractivity contribution in [3.8, 4) is 0 Å². The summed E-state index contributed by atoms with van der Waals surface area (Å²) in [6.45, 7) is 2.12. The van der Waals surface area contributed by atoms with Crippen LogP contribution in [0.25, 0.3) is 0 Å². The van der Waals surface area contributed by atoms with Crippen molar-refractivity contribution in [2.24, 2.45) is 0 Å². The molecule has 1 fully saturated rings. The van der Waals surface area contributed by atoms with E-state index in [-0.39, 0.29) is 12.5 Å². The maximum atomic E-state index is 10.4. The number of aliphatic hydroxyl groups is 3. The van der Waals surface area contributed by atoms with Crippen LogP contribution in [0.15, 0.2) is 24.3 Å². The van der Waals surface area contributed by atoms with Gasteiger partial charge < -0.3 is 25.2 Å². The molecule has 1 rings (SSSR count). The van der Waals surface area contributed by atoms with E-state index < -0.39 is 30.4 Å². The molecule has 0 radical (unpaired) electrons. The Morgan fingerprint density at radius 1 is 1.19 bits per heavy atom. The zero-order valence-corrected chi connectivity index (χ0v) is 15.7. The molecule has 5 atom stereocenters. The number of aliphatic hydroxyl groups excluding tert-OH is 3. The molecule has 1 saturated heterocycles. The summed E-state index contributed by atoms with van der Waals surface area (Å²) in [6.07, 6.45) is 10.2. The van der Waals surface area contributed by atoms with Crippen LogP contribution in [0, 0.1) is 0 Å². The van der Waals surface area contributed by atoms with Gasteiger partial charge in [0.05, 0.1) is 30.5 Å². The Labute approximate surface area is 156 Å². The highest BCUT2D eigenvalue weighted by atomic mass is 16.5. The second-order valence-corrected chi connectivity index (χ2v) is 6.95. The molecule has 0 spiro atoms. The van der Waals surface area contributed by atoms with Crippen molar-refractivity contribution < 1.29 is 30.0 Å². The number of ether oxygens (including phenoxy) is 1. The second-order valence-electron chi connectivity index (χ2n) is 6.95. The Balaban J connectivity index is 2.27. The van der Waals surface area contributed by atoms with Crippen molar-refractivity contribution in [2.75, 3.05) is 0 Å². The smallest absolute Gasteiger partial charge is 0.303 e. The summed E-state index contributed by atoms with van der Waals surface area (Å²) in [5, 5.41) is 38.7. The van der Waals surface area contributed by atoms with E-state index in [1.165, 1.54) is 12.2 Å². The quantitative estimate of drug-likeness (QED) is 0.293. The summed E-state index contributed by atoms with van der Waals surface area (Å²) in [6, 6.07) is 0. The third kappa shape index (κ3) is 9.48. The number of hydrogen-bond donors (Lipinski definition) is 4. The van der Waals surface area contributed by atoms with E-state index in [9.17, 15) is 20.1 Å². The zero-order valence-electron chi connectivity index (χ0n) is 15.7. The number of aliphatic carboxylic acids is 1. The maximum absolute atomic E-state index is 10.4. The van der Waals surface area contributed by atoms with Gasteiger partial charge in [-0.15, -0.1) is 0 Å². The van der Waals surface area contributed by atoms with Gasteiger partial charge in [0.2, 0.25) is 0 Å². The largest absolute Gasteiger partial charge is 0.481 e. The lowest BCUT2D eigenvalue weighted by atomic mass is 10.0. The number of allylic oxidation sites excluding steroid dienone is 1. The molecule has 0 aromatic rings. The number of carboxylic acid groups (broad SMARTS) is 1. The van der Waals surface area contributed by atoms with Crippen LogP contribution in [0.3, 0.4) is 0 Å². The van der Waals surface area contributed by atoms with Crippen molar-refractivity contribution in [1.82, 2.24) is 0 Å². The Morgan fingerprint density at radius 3 is 2.65 bits per heavy atom. The van der Waals surface area contributed by atoms with E-state index in [0.29, 0.717) is 25.7 Å². The first-order valence-electron chi connectivity index (χ1n) is 9.68. The first-order valence-corrected chi connectivity index (χ1v) is 9.68. The van der Waals surface area contributed by atoms with Gasteiger partial charge in [-0.1, -0.05) is 50.5 Å². The molecule has 0 amide bonds. The fourth-order valence-corrected chi connectivity index (χ4v) is 3.01. The molecule has 0 unspecified atom stereocenters. The minimum atomic E-state index is -0.852. The van der Waals surface area contributed by atoms with Crippen LogP contribution >= 0.6 is 0 Å². The van der Waals surface area contributed by atoms with Crippen LogP contribution in [0.2, 0.25) is 0 Å². The molecule has 26 heavy (non-hydrogen) atoms. The van der Waals surface area contributed by atoms with Crippen LogP contribution in [-0.4, -0.2) is 56.9 Å². The minimum absolute atomic E-state index is 0.145. The predicted octanol–water partition coefficient (Wildman–Crippen LogP) is 2.56. The van der Waals surface area contributed by atoms with Gasteiger partial charge in [0.1, 0.15) is 0 Å². The molecule has 0 saturated carbocycles. The summed E-state index contributed by atoms with van der Waals surface area (Å²) in [5.74, 6) is -0.804. The standard InChI is InChI=1S/C20H34O6/c1-2-3-6-10-18-17(23)14-19(26-18)16(22)13-12-15(21)9-7-4-5-8-11-20(24)25/h4,7,12-13,15-19,21-23H,2-3,5-6,8-11,14H2,1H3,(H,24,25)/b7-4-,13-12-/t15-,16+,17+,18+,19+/m1/s1. The topological polar surface area (TPSA) is 107 Å². The summed E-state index contributed by atoms with van der Waals surface area (Å²) >= 11 is 0. The van der Waals surface area contributed by atoms with Crippen molar-refractivity contribution in [1.29, 1.82) is 0 Å². The molecule has 150 valence electrons. The normalized spacial score (nSPS) is 25.9. The molecule has 0 bridgehead atoms. The molecule has 1 aliphatic rings. The Morgan fingerprint density at radius 2 is 1.96 bits per heavy atom. The molecule has 6 heteroatoms. The molecule has 0 aromatic heterocycles. The van der Waals surface area contributed by atoms with Gasteiger partial charge in [0.15, 0.2) is 0 Å². The highest BCUT2D eigenvalue weighted by molar-refractivity contribution is 5.66. The maximum Gasteiger partial charge on any atom is 0.303 e. The van der Waals surface area contributed by atoms with Crippen molar-refractivity contribution in [3.63, 3.8) is 0 Å². The summed E-state index contributed by atoms with van der Waals surface area (Å²) in [7, 11) is 0. The molecule has 1 aliphatic heterocycles. The first-order chi connectivity index (χ1) is 12.4. The number of hydrogen-bond acceptors (Lipinski definition) is 5. The van der Waals surface area contributed by atoms with Crippen LogP contribution < -0.4 is 0 Å². The van der Waals surface area contributed by atoms with E-state index in [1.807, 2.05) is 12.2 Å². The van der Waals surface area contributed by atoms with Gasteiger partial charge in [-0.05, 0) is 25.7 Å². The summed E-state index contributed by atoms with van der Waals surface area (Å²) < 4.78 is 5.76. The van der Waals surface area contributed by atoms with Gasteiger partial charge in [-0.3, -0.25) is 4.79 Å². The lowest BCUT2D eigenvalue weighted by Gasteiger charge is -2.17. The van der Waals surface area contributed by atoms with Gasteiger partial charge in [-0.2, -0.15) is 0 Å². The van der Waals surface area contributed by atoms with E-state index >= 15 is 0 Å². The second kappa shape index (κ2) is 13.0. The summed E-state index contributed by atoms with van der Waals surface area (Å²) in [4.78, 5) is 10.4. The lowest BCUT2D eigenvalue weighted by Crippen LogP contribution is -2.25. The molecule has 6 nitrogen and oxygen atoms in total. The van der Waals surface area contributed by atoms with Crippen LogP contribution in [0.1, 0.15) is 64.7 Å². The molecule has 4 N–H and O–H groups in total. The number of rotatable bonds is 13. The average molecular weight is 370 g/mol. The van der Waals surface area contributed by atoms with Gasteiger partial charge in [0.25, 0.3) is 0 Å². The van der Waals surface area contributed by atoms with E-state index in [1.54, 1.807) is 0 Å². The predicted molar refractivity (Wildman–Crippen MR) is 99.8 cm³/mol. The van der Waals surface area contributed by atoms with Crippen LogP contribution in [0.5, 0.6) is 0 Å². The highest BCUT2D eigenvalue weighted by Gasteiger charge is 2.36. The number of carbonyl (C=O) groups is 1. The molecular weight excluding hydrogens is 336 g/mol. The first kappa shape index (κ1) is 22.8. The van der Waals surface area contributed by atoms with Crippen molar-refractivity contribution in [3.05, 3.63) is 24.3 Å². The fourth-order valence-electron chi connectivity index (χ4n) is 3.01. The average Bonchev–Trinajstić information content (AvgIpc) is 2.97. The fraction of sp³-hybridized carbons (Fsp3) is 0.750. The Hall–Kier alpha value is -1.21. The SMILES string of the molecule is CCCCC[C@@H]1O[C@H]([C@@H](O)/C=C\[C@H](O)C/C=C\CCCC(=O)O)C[C@@H]1O. The Kier molecular flexibility index (Phi) is 11.4. The molecule has 0 aliphatic carbocycles. The van der Waals surface area contributed by atoms with Gasteiger partial charge in [0, 0.05) is 12.8 Å². The van der Waals surface area contributed by atoms with Crippen molar-refractivity contribution in [2.45, 2.75) is 95.2 Å². The molecular formula is C20H34O6. The zero-order chi connectivity index (χ0) is 19.4. The highest BCUT2D eigenvalue weighted by Crippen LogP contribution is 2.27. The molecule has 1 heterocycles. The van der Waals surface area contributed by atoms with E-state index in [4.69, 9.17) is 9.84 Å². The minimum Gasteiger partial charge on any atom is -0.481 e. The van der Waals surface area contributed by atoms with Crippen LogP contribution in [0.4, 0.5) is 0 Å². The Bertz CT molecular complexity index is 448. The van der Waals surface area contributed by atoms with Gasteiger partial charge >= 0.3 is 5.97 Å².